The zero-order chi connectivity index (χ0) is 10.4. The Labute approximate surface area is 80.8 Å². The Morgan fingerprint density at radius 2 is 2.29 bits per heavy atom. The molecule has 2 saturated heterocycles. The summed E-state index contributed by atoms with van der Waals surface area (Å²) >= 11 is 0. The molecular formula is C9H13F2NO2. The molecule has 2 aliphatic heterocycles. The number of piperidine rings is 1. The first-order chi connectivity index (χ1) is 6.47. The van der Waals surface area contributed by atoms with Crippen LogP contribution in [0.1, 0.15) is 25.7 Å². The highest BCUT2D eigenvalue weighted by atomic mass is 19.3. The SMILES string of the molecule is COC(=O)C12CCC(CC(F)(F)C1)N2. The van der Waals surface area contributed by atoms with Crippen LogP contribution in [0, 0.1) is 0 Å². The third kappa shape index (κ3) is 1.39. The molecule has 0 aliphatic carbocycles. The molecule has 2 unspecified atom stereocenters. The average molecular weight is 205 g/mol. The van der Waals surface area contributed by atoms with Crippen LogP contribution in [0.2, 0.25) is 0 Å². The first-order valence-electron chi connectivity index (χ1n) is 4.71. The molecule has 14 heavy (non-hydrogen) atoms. The maximum atomic E-state index is 13.2. The molecule has 0 aromatic heterocycles. The van der Waals surface area contributed by atoms with Gasteiger partial charge < -0.3 is 4.74 Å². The minimum absolute atomic E-state index is 0.161. The number of methoxy groups -OCH3 is 1. The van der Waals surface area contributed by atoms with Crippen molar-refractivity contribution in [3.8, 4) is 0 Å². The summed E-state index contributed by atoms with van der Waals surface area (Å²) in [6.07, 6.45) is 0.500. The number of fused-ring (bicyclic) bond motifs is 2. The number of carbonyl (C=O) groups is 1. The van der Waals surface area contributed by atoms with Crippen molar-refractivity contribution in [2.45, 2.75) is 43.2 Å². The number of hydrogen-bond acceptors (Lipinski definition) is 3. The number of carbonyl (C=O) groups excluding carboxylic acids is 1. The molecule has 2 atom stereocenters. The van der Waals surface area contributed by atoms with Crippen LogP contribution >= 0.6 is 0 Å². The van der Waals surface area contributed by atoms with Gasteiger partial charge in [-0.1, -0.05) is 0 Å². The molecule has 2 rings (SSSR count). The molecule has 2 aliphatic rings. The van der Waals surface area contributed by atoms with Crippen molar-refractivity contribution < 1.29 is 18.3 Å². The van der Waals surface area contributed by atoms with Gasteiger partial charge >= 0.3 is 5.97 Å². The highest BCUT2D eigenvalue weighted by Gasteiger charge is 2.57. The number of esters is 1. The van der Waals surface area contributed by atoms with E-state index in [4.69, 9.17) is 0 Å². The molecule has 0 aromatic carbocycles. The molecule has 2 heterocycles. The van der Waals surface area contributed by atoms with E-state index in [9.17, 15) is 13.6 Å². The zero-order valence-electron chi connectivity index (χ0n) is 7.98. The number of halogens is 2. The van der Waals surface area contributed by atoms with Crippen LogP contribution in [-0.2, 0) is 9.53 Å². The molecule has 2 bridgehead atoms. The second-order valence-corrected chi connectivity index (χ2v) is 4.19. The van der Waals surface area contributed by atoms with E-state index in [1.54, 1.807) is 0 Å². The normalized spacial score (nSPS) is 39.5. The fourth-order valence-corrected chi connectivity index (χ4v) is 2.55. The minimum atomic E-state index is -2.74. The fraction of sp³-hybridized carbons (Fsp3) is 0.889. The molecule has 0 saturated carbocycles. The van der Waals surface area contributed by atoms with E-state index in [1.165, 1.54) is 7.11 Å². The van der Waals surface area contributed by atoms with Gasteiger partial charge in [0.1, 0.15) is 5.54 Å². The predicted octanol–water partition coefficient (Wildman–Crippen LogP) is 1.08. The molecule has 80 valence electrons. The lowest BCUT2D eigenvalue weighted by atomic mass is 9.88. The predicted molar refractivity (Wildman–Crippen MR) is 45.1 cm³/mol. The average Bonchev–Trinajstić information content (AvgIpc) is 2.41. The quantitative estimate of drug-likeness (QED) is 0.651. The Balaban J connectivity index is 2.24. The molecule has 0 radical (unpaired) electrons. The summed E-state index contributed by atoms with van der Waals surface area (Å²) < 4.78 is 31.0. The summed E-state index contributed by atoms with van der Waals surface area (Å²) in [4.78, 5) is 11.4. The van der Waals surface area contributed by atoms with Crippen LogP contribution in [-0.4, -0.2) is 30.6 Å². The standard InChI is InChI=1S/C9H13F2NO2/c1-14-7(13)8-3-2-6(12-8)4-9(10,11)5-8/h6,12H,2-5H2,1H3. The van der Waals surface area contributed by atoms with Gasteiger partial charge in [-0.15, -0.1) is 0 Å². The highest BCUT2D eigenvalue weighted by Crippen LogP contribution is 2.44. The van der Waals surface area contributed by atoms with E-state index in [0.717, 1.165) is 0 Å². The molecule has 2 fully saturated rings. The zero-order valence-corrected chi connectivity index (χ0v) is 7.98. The summed E-state index contributed by atoms with van der Waals surface area (Å²) in [5, 5.41) is 2.96. The minimum Gasteiger partial charge on any atom is -0.468 e. The topological polar surface area (TPSA) is 38.3 Å². The smallest absolute Gasteiger partial charge is 0.326 e. The van der Waals surface area contributed by atoms with Crippen molar-refractivity contribution in [2.24, 2.45) is 0 Å². The van der Waals surface area contributed by atoms with E-state index in [0.29, 0.717) is 12.8 Å². The molecule has 5 heteroatoms. The Hall–Kier alpha value is -0.710. The van der Waals surface area contributed by atoms with Gasteiger partial charge in [0.2, 0.25) is 0 Å². The second kappa shape index (κ2) is 2.89. The van der Waals surface area contributed by atoms with Gasteiger partial charge in [0, 0.05) is 18.9 Å². The summed E-state index contributed by atoms with van der Waals surface area (Å²) in [5.74, 6) is -3.29. The fourth-order valence-electron chi connectivity index (χ4n) is 2.55. The molecule has 3 nitrogen and oxygen atoms in total. The first-order valence-corrected chi connectivity index (χ1v) is 4.71. The molecule has 1 N–H and O–H groups in total. The van der Waals surface area contributed by atoms with Crippen LogP contribution < -0.4 is 5.32 Å². The Morgan fingerprint density at radius 1 is 1.57 bits per heavy atom. The monoisotopic (exact) mass is 205 g/mol. The number of alkyl halides is 2. The van der Waals surface area contributed by atoms with E-state index in [-0.39, 0.29) is 12.5 Å². The highest BCUT2D eigenvalue weighted by molar-refractivity contribution is 5.81. The van der Waals surface area contributed by atoms with Crippen LogP contribution in [0.4, 0.5) is 8.78 Å². The van der Waals surface area contributed by atoms with E-state index < -0.39 is 23.9 Å². The van der Waals surface area contributed by atoms with Gasteiger partial charge in [-0.25, -0.2) is 8.78 Å². The van der Waals surface area contributed by atoms with Gasteiger partial charge in [-0.05, 0) is 12.8 Å². The maximum Gasteiger partial charge on any atom is 0.326 e. The van der Waals surface area contributed by atoms with Gasteiger partial charge in [-0.2, -0.15) is 0 Å². The Bertz CT molecular complexity index is 270. The number of hydrogen-bond donors (Lipinski definition) is 1. The first kappa shape index (κ1) is 9.83. The molecule has 0 aromatic rings. The number of nitrogens with one attached hydrogen (secondary N) is 1. The molecule has 0 amide bonds. The summed E-state index contributed by atoms with van der Waals surface area (Å²) in [7, 11) is 1.23. The third-order valence-electron chi connectivity index (χ3n) is 3.08. The molecular weight excluding hydrogens is 192 g/mol. The largest absolute Gasteiger partial charge is 0.468 e. The Morgan fingerprint density at radius 3 is 2.93 bits per heavy atom. The van der Waals surface area contributed by atoms with Crippen molar-refractivity contribution in [3.05, 3.63) is 0 Å². The van der Waals surface area contributed by atoms with Crippen LogP contribution in [0.25, 0.3) is 0 Å². The maximum absolute atomic E-state index is 13.2. The lowest BCUT2D eigenvalue weighted by molar-refractivity contribution is -0.156. The van der Waals surface area contributed by atoms with Crippen molar-refractivity contribution in [1.82, 2.24) is 5.32 Å². The van der Waals surface area contributed by atoms with Crippen LogP contribution in [0.3, 0.4) is 0 Å². The van der Waals surface area contributed by atoms with Crippen LogP contribution in [0.5, 0.6) is 0 Å². The van der Waals surface area contributed by atoms with Crippen LogP contribution in [0.15, 0.2) is 0 Å². The number of rotatable bonds is 1. The van der Waals surface area contributed by atoms with Gasteiger partial charge in [0.25, 0.3) is 5.92 Å². The van der Waals surface area contributed by atoms with E-state index >= 15 is 0 Å². The van der Waals surface area contributed by atoms with Crippen molar-refractivity contribution in [2.75, 3.05) is 7.11 Å². The Kier molecular flexibility index (Phi) is 2.03. The van der Waals surface area contributed by atoms with Crippen molar-refractivity contribution in [3.63, 3.8) is 0 Å². The van der Waals surface area contributed by atoms with Crippen molar-refractivity contribution in [1.29, 1.82) is 0 Å². The third-order valence-corrected chi connectivity index (χ3v) is 3.08. The summed E-state index contributed by atoms with van der Waals surface area (Å²) in [5.41, 5.74) is -1.12. The van der Waals surface area contributed by atoms with Crippen molar-refractivity contribution >= 4 is 5.97 Å². The molecule has 0 spiro atoms. The van der Waals surface area contributed by atoms with Gasteiger partial charge in [0.05, 0.1) is 7.11 Å². The van der Waals surface area contributed by atoms with Gasteiger partial charge in [-0.3, -0.25) is 10.1 Å². The van der Waals surface area contributed by atoms with E-state index in [2.05, 4.69) is 10.1 Å². The second-order valence-electron chi connectivity index (χ2n) is 4.19. The van der Waals surface area contributed by atoms with Gasteiger partial charge in [0.15, 0.2) is 0 Å². The number of ether oxygens (including phenoxy) is 1. The summed E-state index contributed by atoms with van der Waals surface area (Å²) in [6.45, 7) is 0. The van der Waals surface area contributed by atoms with E-state index in [1.807, 2.05) is 0 Å². The lowest BCUT2D eigenvalue weighted by Crippen LogP contribution is -2.58. The summed E-state index contributed by atoms with van der Waals surface area (Å²) in [6, 6.07) is -0.238. The lowest BCUT2D eigenvalue weighted by Gasteiger charge is -2.36.